The SMILES string of the molecule is COCc1ccc(C(=O)N2CCC3(CC2)CNC(=O)c2ccccc2O3)cc1. The van der Waals surface area contributed by atoms with Crippen LogP contribution in [0.3, 0.4) is 0 Å². The van der Waals surface area contributed by atoms with Gasteiger partial charge in [0.1, 0.15) is 11.4 Å². The quantitative estimate of drug-likeness (QED) is 0.889. The van der Waals surface area contributed by atoms with Gasteiger partial charge in [0, 0.05) is 38.6 Å². The fourth-order valence-electron chi connectivity index (χ4n) is 3.84. The maximum absolute atomic E-state index is 12.8. The number of methoxy groups -OCH3 is 1. The van der Waals surface area contributed by atoms with Gasteiger partial charge in [-0.15, -0.1) is 0 Å². The summed E-state index contributed by atoms with van der Waals surface area (Å²) >= 11 is 0. The molecular formula is C22H24N2O4. The summed E-state index contributed by atoms with van der Waals surface area (Å²) in [5, 5.41) is 2.98. The first-order chi connectivity index (χ1) is 13.6. The molecule has 28 heavy (non-hydrogen) atoms. The van der Waals surface area contributed by atoms with Gasteiger partial charge in [-0.3, -0.25) is 9.59 Å². The Morgan fingerprint density at radius 2 is 1.86 bits per heavy atom. The predicted octanol–water partition coefficient (Wildman–Crippen LogP) is 2.63. The molecule has 2 aliphatic heterocycles. The van der Waals surface area contributed by atoms with E-state index < -0.39 is 5.60 Å². The molecule has 6 heteroatoms. The number of para-hydroxylation sites is 1. The molecule has 2 heterocycles. The largest absolute Gasteiger partial charge is 0.484 e. The molecule has 1 saturated heterocycles. The summed E-state index contributed by atoms with van der Waals surface area (Å²) in [5.41, 5.74) is 1.81. The lowest BCUT2D eigenvalue weighted by Crippen LogP contribution is -2.54. The molecule has 2 aromatic carbocycles. The van der Waals surface area contributed by atoms with Crippen molar-refractivity contribution in [2.75, 3.05) is 26.7 Å². The number of nitrogens with zero attached hydrogens (tertiary/aromatic N) is 1. The van der Waals surface area contributed by atoms with Crippen LogP contribution in [0, 0.1) is 0 Å². The van der Waals surface area contributed by atoms with E-state index in [1.807, 2.05) is 47.4 Å². The monoisotopic (exact) mass is 380 g/mol. The molecule has 0 bridgehead atoms. The van der Waals surface area contributed by atoms with Crippen LogP contribution in [-0.2, 0) is 11.3 Å². The van der Waals surface area contributed by atoms with Crippen LogP contribution in [0.5, 0.6) is 5.75 Å². The van der Waals surface area contributed by atoms with Gasteiger partial charge in [-0.25, -0.2) is 0 Å². The highest BCUT2D eigenvalue weighted by Gasteiger charge is 2.40. The smallest absolute Gasteiger partial charge is 0.255 e. The van der Waals surface area contributed by atoms with Gasteiger partial charge in [-0.1, -0.05) is 24.3 Å². The highest BCUT2D eigenvalue weighted by Crippen LogP contribution is 2.33. The van der Waals surface area contributed by atoms with Crippen LogP contribution in [0.15, 0.2) is 48.5 Å². The van der Waals surface area contributed by atoms with Crippen LogP contribution in [0.4, 0.5) is 0 Å². The van der Waals surface area contributed by atoms with Gasteiger partial charge in [0.05, 0.1) is 18.7 Å². The first-order valence-corrected chi connectivity index (χ1v) is 9.54. The lowest BCUT2D eigenvalue weighted by atomic mass is 9.90. The molecule has 0 aromatic heterocycles. The minimum Gasteiger partial charge on any atom is -0.484 e. The Bertz CT molecular complexity index is 870. The molecule has 1 spiro atoms. The van der Waals surface area contributed by atoms with E-state index in [1.165, 1.54) is 0 Å². The number of ether oxygens (including phenoxy) is 2. The molecule has 2 aliphatic rings. The van der Waals surface area contributed by atoms with Crippen molar-refractivity contribution in [3.05, 3.63) is 65.2 Å². The second-order valence-electron chi connectivity index (χ2n) is 7.39. The number of rotatable bonds is 3. The van der Waals surface area contributed by atoms with Crippen LogP contribution in [0.1, 0.15) is 39.1 Å². The van der Waals surface area contributed by atoms with Gasteiger partial charge < -0.3 is 19.7 Å². The second-order valence-corrected chi connectivity index (χ2v) is 7.39. The maximum Gasteiger partial charge on any atom is 0.255 e. The molecule has 1 N–H and O–H groups in total. The number of likely N-dealkylation sites (tertiary alicyclic amines) is 1. The van der Waals surface area contributed by atoms with Crippen LogP contribution >= 0.6 is 0 Å². The van der Waals surface area contributed by atoms with E-state index in [4.69, 9.17) is 9.47 Å². The third-order valence-electron chi connectivity index (χ3n) is 5.50. The highest BCUT2D eigenvalue weighted by molar-refractivity contribution is 5.97. The summed E-state index contributed by atoms with van der Waals surface area (Å²) in [6, 6.07) is 14.8. The maximum atomic E-state index is 12.8. The second kappa shape index (κ2) is 7.64. The first kappa shape index (κ1) is 18.5. The Labute approximate surface area is 164 Å². The van der Waals surface area contributed by atoms with Crippen molar-refractivity contribution < 1.29 is 19.1 Å². The summed E-state index contributed by atoms with van der Waals surface area (Å²) in [6.45, 7) is 2.17. The minimum atomic E-state index is -0.471. The number of benzene rings is 2. The van der Waals surface area contributed by atoms with Crippen molar-refractivity contribution in [2.45, 2.75) is 25.0 Å². The molecule has 0 atom stereocenters. The van der Waals surface area contributed by atoms with Gasteiger partial charge in [-0.05, 0) is 29.8 Å². The van der Waals surface area contributed by atoms with Crippen molar-refractivity contribution >= 4 is 11.8 Å². The average molecular weight is 380 g/mol. The minimum absolute atomic E-state index is 0.0249. The molecule has 0 saturated carbocycles. The molecule has 146 valence electrons. The molecule has 0 aliphatic carbocycles. The number of piperidine rings is 1. The number of carbonyl (C=O) groups excluding carboxylic acids is 2. The Morgan fingerprint density at radius 1 is 1.14 bits per heavy atom. The van der Waals surface area contributed by atoms with Gasteiger partial charge in [0.15, 0.2) is 0 Å². The van der Waals surface area contributed by atoms with Gasteiger partial charge >= 0.3 is 0 Å². The topological polar surface area (TPSA) is 67.9 Å². The van der Waals surface area contributed by atoms with Crippen LogP contribution in [0.25, 0.3) is 0 Å². The predicted molar refractivity (Wildman–Crippen MR) is 104 cm³/mol. The lowest BCUT2D eigenvalue weighted by molar-refractivity contribution is 0.00771. The average Bonchev–Trinajstić information content (AvgIpc) is 2.86. The van der Waals surface area contributed by atoms with Crippen molar-refractivity contribution in [1.29, 1.82) is 0 Å². The summed E-state index contributed by atoms with van der Waals surface area (Å²) < 4.78 is 11.4. The molecule has 1 fully saturated rings. The van der Waals surface area contributed by atoms with E-state index in [0.29, 0.717) is 56.0 Å². The number of hydrogen-bond acceptors (Lipinski definition) is 4. The molecule has 2 amide bonds. The fourth-order valence-corrected chi connectivity index (χ4v) is 3.84. The van der Waals surface area contributed by atoms with E-state index in [2.05, 4.69) is 5.32 Å². The van der Waals surface area contributed by atoms with E-state index in [9.17, 15) is 9.59 Å². The standard InChI is InChI=1S/C22H24N2O4/c1-27-14-16-6-8-17(9-7-16)21(26)24-12-10-22(11-13-24)15-23-20(25)18-4-2-3-5-19(18)28-22/h2-9H,10-15H2,1H3,(H,23,25). The molecule has 6 nitrogen and oxygen atoms in total. The Hall–Kier alpha value is -2.86. The fraction of sp³-hybridized carbons (Fsp3) is 0.364. The number of amides is 2. The third-order valence-corrected chi connectivity index (χ3v) is 5.50. The van der Waals surface area contributed by atoms with Crippen molar-refractivity contribution in [3.8, 4) is 5.75 Å². The molecular weight excluding hydrogens is 356 g/mol. The van der Waals surface area contributed by atoms with Crippen molar-refractivity contribution in [3.63, 3.8) is 0 Å². The van der Waals surface area contributed by atoms with E-state index in [1.54, 1.807) is 13.2 Å². The normalized spacial score (nSPS) is 18.0. The Balaban J connectivity index is 1.44. The van der Waals surface area contributed by atoms with Gasteiger partial charge in [0.2, 0.25) is 0 Å². The van der Waals surface area contributed by atoms with Crippen molar-refractivity contribution in [2.24, 2.45) is 0 Å². The summed E-state index contributed by atoms with van der Waals surface area (Å²) in [6.07, 6.45) is 1.35. The number of fused-ring (bicyclic) bond motifs is 1. The lowest BCUT2D eigenvalue weighted by Gasteiger charge is -2.41. The van der Waals surface area contributed by atoms with Crippen LogP contribution < -0.4 is 10.1 Å². The molecule has 0 unspecified atom stereocenters. The summed E-state index contributed by atoms with van der Waals surface area (Å²) in [4.78, 5) is 27.0. The van der Waals surface area contributed by atoms with Crippen LogP contribution in [-0.4, -0.2) is 49.1 Å². The zero-order chi connectivity index (χ0) is 19.6. The number of carbonyl (C=O) groups is 2. The zero-order valence-corrected chi connectivity index (χ0v) is 15.9. The first-order valence-electron chi connectivity index (χ1n) is 9.54. The zero-order valence-electron chi connectivity index (χ0n) is 15.9. The molecule has 4 rings (SSSR count). The molecule has 0 radical (unpaired) electrons. The van der Waals surface area contributed by atoms with E-state index >= 15 is 0 Å². The van der Waals surface area contributed by atoms with Crippen LogP contribution in [0.2, 0.25) is 0 Å². The van der Waals surface area contributed by atoms with E-state index in [0.717, 1.165) is 5.56 Å². The highest BCUT2D eigenvalue weighted by atomic mass is 16.5. The third kappa shape index (κ3) is 3.60. The van der Waals surface area contributed by atoms with Gasteiger partial charge in [0.25, 0.3) is 11.8 Å². The Morgan fingerprint density at radius 3 is 2.57 bits per heavy atom. The summed E-state index contributed by atoms with van der Waals surface area (Å²) in [7, 11) is 1.65. The van der Waals surface area contributed by atoms with Gasteiger partial charge in [-0.2, -0.15) is 0 Å². The number of hydrogen-bond donors (Lipinski definition) is 1. The summed E-state index contributed by atoms with van der Waals surface area (Å²) in [5.74, 6) is 0.532. The van der Waals surface area contributed by atoms with E-state index in [-0.39, 0.29) is 11.8 Å². The van der Waals surface area contributed by atoms with Crippen molar-refractivity contribution in [1.82, 2.24) is 10.2 Å². The Kier molecular flexibility index (Phi) is 5.05. The molecule has 2 aromatic rings. The number of nitrogens with one attached hydrogen (secondary N) is 1.